The maximum absolute atomic E-state index is 13.1. The zero-order valence-electron chi connectivity index (χ0n) is 12.9. The molecule has 1 heterocycles. The molecule has 22 heavy (non-hydrogen) atoms. The smallest absolute Gasteiger partial charge is 0.263 e. The summed E-state index contributed by atoms with van der Waals surface area (Å²) in [6, 6.07) is 4.14. The van der Waals surface area contributed by atoms with Crippen molar-refractivity contribution in [3.63, 3.8) is 0 Å². The van der Waals surface area contributed by atoms with E-state index in [0.717, 1.165) is 19.3 Å². The quantitative estimate of drug-likeness (QED) is 0.883. The van der Waals surface area contributed by atoms with Gasteiger partial charge in [-0.1, -0.05) is 0 Å². The fourth-order valence-electron chi connectivity index (χ4n) is 2.82. The van der Waals surface area contributed by atoms with Crippen LogP contribution in [-0.2, 0) is 4.79 Å². The predicted octanol–water partition coefficient (Wildman–Crippen LogP) is 3.08. The van der Waals surface area contributed by atoms with E-state index in [1.807, 2.05) is 11.8 Å². The summed E-state index contributed by atoms with van der Waals surface area (Å²) < 4.78 is 19.3. The summed E-state index contributed by atoms with van der Waals surface area (Å²) in [4.78, 5) is 14.5. The van der Waals surface area contributed by atoms with Crippen LogP contribution in [0.3, 0.4) is 0 Å². The van der Waals surface area contributed by atoms with Crippen LogP contribution in [0.25, 0.3) is 0 Å². The van der Waals surface area contributed by atoms with Crippen molar-refractivity contribution in [3.8, 4) is 5.75 Å². The number of benzene rings is 1. The third-order valence-corrected chi connectivity index (χ3v) is 4.60. The molecule has 1 aliphatic rings. The Bertz CT molecular complexity index is 539. The molecule has 2 N–H and O–H groups in total. The number of halogens is 2. The first-order chi connectivity index (χ1) is 10.4. The number of hydrogen-bond acceptors (Lipinski definition) is 3. The van der Waals surface area contributed by atoms with Crippen molar-refractivity contribution in [2.45, 2.75) is 51.3 Å². The van der Waals surface area contributed by atoms with Gasteiger partial charge in [0.05, 0.1) is 4.47 Å². The molecule has 0 bridgehead atoms. The van der Waals surface area contributed by atoms with E-state index < -0.39 is 6.10 Å². The maximum atomic E-state index is 13.1. The first-order valence-electron chi connectivity index (χ1n) is 7.58. The lowest BCUT2D eigenvalue weighted by Gasteiger charge is -2.39. The standard InChI is InChI=1S/C16H22BrFN2O2/c1-10(19)14-5-3-4-8-20(14)16(21)11(2)22-15-7-6-12(18)9-13(15)17/h6-7,9-11,14H,3-5,8,19H2,1-2H3. The molecule has 0 radical (unpaired) electrons. The highest BCUT2D eigenvalue weighted by molar-refractivity contribution is 9.10. The topological polar surface area (TPSA) is 55.6 Å². The van der Waals surface area contributed by atoms with Gasteiger partial charge in [-0.05, 0) is 67.2 Å². The van der Waals surface area contributed by atoms with Crippen LogP contribution in [0.5, 0.6) is 5.75 Å². The molecule has 0 aromatic heterocycles. The molecule has 3 atom stereocenters. The Kier molecular flexibility index (Phi) is 5.81. The molecule has 2 rings (SSSR count). The summed E-state index contributed by atoms with van der Waals surface area (Å²) in [5, 5.41) is 0. The Morgan fingerprint density at radius 2 is 2.18 bits per heavy atom. The van der Waals surface area contributed by atoms with Crippen molar-refractivity contribution >= 4 is 21.8 Å². The third kappa shape index (κ3) is 3.98. The first-order valence-corrected chi connectivity index (χ1v) is 8.37. The highest BCUT2D eigenvalue weighted by atomic mass is 79.9. The summed E-state index contributed by atoms with van der Waals surface area (Å²) in [6.07, 6.45) is 2.37. The number of hydrogen-bond donors (Lipinski definition) is 1. The van der Waals surface area contributed by atoms with Crippen LogP contribution in [0.1, 0.15) is 33.1 Å². The van der Waals surface area contributed by atoms with Gasteiger partial charge in [-0.25, -0.2) is 4.39 Å². The Hall–Kier alpha value is -1.14. The van der Waals surface area contributed by atoms with Gasteiger partial charge >= 0.3 is 0 Å². The molecule has 1 aromatic carbocycles. The minimum Gasteiger partial charge on any atom is -0.480 e. The van der Waals surface area contributed by atoms with E-state index in [1.165, 1.54) is 18.2 Å². The van der Waals surface area contributed by atoms with Gasteiger partial charge in [0.25, 0.3) is 5.91 Å². The molecule has 1 fully saturated rings. The SMILES string of the molecule is CC(Oc1ccc(F)cc1Br)C(=O)N1CCCCC1C(C)N. The van der Waals surface area contributed by atoms with Crippen molar-refractivity contribution in [1.82, 2.24) is 4.90 Å². The lowest BCUT2D eigenvalue weighted by Crippen LogP contribution is -2.54. The summed E-state index contributed by atoms with van der Waals surface area (Å²) in [5.41, 5.74) is 6.00. The van der Waals surface area contributed by atoms with Crippen LogP contribution in [0.4, 0.5) is 4.39 Å². The van der Waals surface area contributed by atoms with Gasteiger partial charge in [-0.2, -0.15) is 0 Å². The number of amides is 1. The molecule has 6 heteroatoms. The van der Waals surface area contributed by atoms with Crippen LogP contribution in [0.15, 0.2) is 22.7 Å². The van der Waals surface area contributed by atoms with Crippen LogP contribution in [0.2, 0.25) is 0 Å². The van der Waals surface area contributed by atoms with Gasteiger partial charge in [0.15, 0.2) is 6.10 Å². The maximum Gasteiger partial charge on any atom is 0.263 e. The number of carbonyl (C=O) groups is 1. The first kappa shape index (κ1) is 17.2. The molecule has 0 spiro atoms. The molecule has 1 amide bonds. The summed E-state index contributed by atoms with van der Waals surface area (Å²) in [7, 11) is 0. The largest absolute Gasteiger partial charge is 0.480 e. The second-order valence-electron chi connectivity index (χ2n) is 5.79. The molecule has 1 aromatic rings. The van der Waals surface area contributed by atoms with E-state index in [4.69, 9.17) is 10.5 Å². The van der Waals surface area contributed by atoms with E-state index in [-0.39, 0.29) is 23.8 Å². The monoisotopic (exact) mass is 372 g/mol. The molecule has 1 saturated heterocycles. The van der Waals surface area contributed by atoms with Gasteiger partial charge in [-0.15, -0.1) is 0 Å². The Morgan fingerprint density at radius 3 is 2.82 bits per heavy atom. The molecule has 0 aliphatic carbocycles. The average molecular weight is 373 g/mol. The number of piperidine rings is 1. The molecule has 1 aliphatic heterocycles. The summed E-state index contributed by atoms with van der Waals surface area (Å²) in [6.45, 7) is 4.35. The van der Waals surface area contributed by atoms with Gasteiger partial charge in [-0.3, -0.25) is 4.79 Å². The predicted molar refractivity (Wildman–Crippen MR) is 87.2 cm³/mol. The van der Waals surface area contributed by atoms with Crippen molar-refractivity contribution in [1.29, 1.82) is 0 Å². The lowest BCUT2D eigenvalue weighted by atomic mass is 9.96. The molecular weight excluding hydrogens is 351 g/mol. The Balaban J connectivity index is 2.07. The number of carbonyl (C=O) groups excluding carboxylic acids is 1. The molecule has 4 nitrogen and oxygen atoms in total. The van der Waals surface area contributed by atoms with Crippen LogP contribution in [0, 0.1) is 5.82 Å². The van der Waals surface area contributed by atoms with Gasteiger partial charge in [0.1, 0.15) is 11.6 Å². The lowest BCUT2D eigenvalue weighted by molar-refractivity contribution is -0.142. The van der Waals surface area contributed by atoms with Crippen LogP contribution >= 0.6 is 15.9 Å². The van der Waals surface area contributed by atoms with E-state index in [0.29, 0.717) is 16.8 Å². The van der Waals surface area contributed by atoms with Crippen LogP contribution in [-0.4, -0.2) is 35.5 Å². The minimum atomic E-state index is -0.638. The van der Waals surface area contributed by atoms with Gasteiger partial charge in [0.2, 0.25) is 0 Å². The van der Waals surface area contributed by atoms with Crippen molar-refractivity contribution in [2.75, 3.05) is 6.54 Å². The fraction of sp³-hybridized carbons (Fsp3) is 0.562. The second kappa shape index (κ2) is 7.42. The number of nitrogens with zero attached hydrogens (tertiary/aromatic N) is 1. The van der Waals surface area contributed by atoms with E-state index in [2.05, 4.69) is 15.9 Å². The molecule has 3 unspecified atom stereocenters. The zero-order valence-corrected chi connectivity index (χ0v) is 14.5. The normalized spacial score (nSPS) is 21.3. The van der Waals surface area contributed by atoms with E-state index in [1.54, 1.807) is 6.92 Å². The highest BCUT2D eigenvalue weighted by Crippen LogP contribution is 2.27. The average Bonchev–Trinajstić information content (AvgIpc) is 2.49. The summed E-state index contributed by atoms with van der Waals surface area (Å²) >= 11 is 3.25. The third-order valence-electron chi connectivity index (χ3n) is 3.98. The number of likely N-dealkylation sites (tertiary alicyclic amines) is 1. The van der Waals surface area contributed by atoms with Crippen molar-refractivity contribution < 1.29 is 13.9 Å². The van der Waals surface area contributed by atoms with Gasteiger partial charge < -0.3 is 15.4 Å². The summed E-state index contributed by atoms with van der Waals surface area (Å²) in [5.74, 6) is 0.0288. The van der Waals surface area contributed by atoms with E-state index in [9.17, 15) is 9.18 Å². The minimum absolute atomic E-state index is 0.0592. The Morgan fingerprint density at radius 1 is 1.45 bits per heavy atom. The fourth-order valence-corrected chi connectivity index (χ4v) is 3.27. The Labute approximate surface area is 138 Å². The van der Waals surface area contributed by atoms with E-state index >= 15 is 0 Å². The molecule has 122 valence electrons. The highest BCUT2D eigenvalue weighted by Gasteiger charge is 2.32. The zero-order chi connectivity index (χ0) is 16.3. The van der Waals surface area contributed by atoms with Crippen molar-refractivity contribution in [2.24, 2.45) is 5.73 Å². The van der Waals surface area contributed by atoms with Crippen molar-refractivity contribution in [3.05, 3.63) is 28.5 Å². The number of ether oxygens (including phenoxy) is 1. The van der Waals surface area contributed by atoms with Crippen LogP contribution < -0.4 is 10.5 Å². The number of rotatable bonds is 4. The molecular formula is C16H22BrFN2O2. The number of nitrogens with two attached hydrogens (primary N) is 1. The van der Waals surface area contributed by atoms with Gasteiger partial charge in [0, 0.05) is 18.6 Å². The second-order valence-corrected chi connectivity index (χ2v) is 6.64. The molecule has 0 saturated carbocycles.